The minimum absolute atomic E-state index is 0.0336. The summed E-state index contributed by atoms with van der Waals surface area (Å²) in [5.74, 6) is 0.600. The van der Waals surface area contributed by atoms with Gasteiger partial charge in [-0.3, -0.25) is 4.79 Å². The number of carbonyl (C=O) groups is 1. The molecular formula is C18H21NO4. The van der Waals surface area contributed by atoms with Crippen LogP contribution in [0.3, 0.4) is 0 Å². The lowest BCUT2D eigenvalue weighted by Gasteiger charge is -2.35. The van der Waals surface area contributed by atoms with Crippen molar-refractivity contribution in [1.29, 1.82) is 0 Å². The second-order valence-electron chi connectivity index (χ2n) is 5.87. The zero-order chi connectivity index (χ0) is 16.4. The number of carbonyl (C=O) groups excluding carboxylic acids is 1. The van der Waals surface area contributed by atoms with Crippen LogP contribution in [0, 0.1) is 0 Å². The molecule has 1 aliphatic heterocycles. The molecule has 122 valence electrons. The van der Waals surface area contributed by atoms with Crippen molar-refractivity contribution in [2.75, 3.05) is 19.7 Å². The van der Waals surface area contributed by atoms with Gasteiger partial charge in [0.2, 0.25) is 0 Å². The van der Waals surface area contributed by atoms with Crippen LogP contribution in [0.25, 0.3) is 11.0 Å². The third kappa shape index (κ3) is 3.24. The number of nitrogens with zero attached hydrogens (tertiary/aromatic N) is 1. The molecule has 5 heteroatoms. The van der Waals surface area contributed by atoms with Gasteiger partial charge in [-0.2, -0.15) is 0 Å². The molecule has 2 unspecified atom stereocenters. The van der Waals surface area contributed by atoms with Crippen LogP contribution in [0.5, 0.6) is 5.75 Å². The largest absolute Gasteiger partial charge is 0.489 e. The van der Waals surface area contributed by atoms with Crippen LogP contribution in [0.15, 0.2) is 41.5 Å². The van der Waals surface area contributed by atoms with Gasteiger partial charge < -0.3 is 18.8 Å². The van der Waals surface area contributed by atoms with E-state index in [1.165, 1.54) is 0 Å². The monoisotopic (exact) mass is 315 g/mol. The molecule has 0 saturated carbocycles. The Kier molecular flexibility index (Phi) is 4.39. The number of benzene rings is 1. The molecule has 0 aliphatic carbocycles. The van der Waals surface area contributed by atoms with Crippen molar-refractivity contribution in [3.63, 3.8) is 0 Å². The highest BCUT2D eigenvalue weighted by atomic mass is 16.5. The van der Waals surface area contributed by atoms with Gasteiger partial charge in [-0.25, -0.2) is 0 Å². The number of hydrogen-bond acceptors (Lipinski definition) is 4. The summed E-state index contributed by atoms with van der Waals surface area (Å²) >= 11 is 0. The second kappa shape index (κ2) is 6.46. The first-order valence-electron chi connectivity index (χ1n) is 7.78. The summed E-state index contributed by atoms with van der Waals surface area (Å²) in [7, 11) is 0. The fraction of sp³-hybridized carbons (Fsp3) is 0.389. The molecule has 23 heavy (non-hydrogen) atoms. The first kappa shape index (κ1) is 15.6. The lowest BCUT2D eigenvalue weighted by molar-refractivity contribution is -0.0586. The first-order valence-corrected chi connectivity index (χ1v) is 7.78. The van der Waals surface area contributed by atoms with E-state index in [0.29, 0.717) is 36.6 Å². The summed E-state index contributed by atoms with van der Waals surface area (Å²) in [5.41, 5.74) is 1.21. The number of hydrogen-bond donors (Lipinski definition) is 0. The Hall–Kier alpha value is -2.27. The maximum Gasteiger partial charge on any atom is 0.254 e. The van der Waals surface area contributed by atoms with Crippen LogP contribution in [0.1, 0.15) is 24.2 Å². The zero-order valence-electron chi connectivity index (χ0n) is 13.5. The van der Waals surface area contributed by atoms with Gasteiger partial charge in [0.05, 0.1) is 23.9 Å². The van der Waals surface area contributed by atoms with Crippen molar-refractivity contribution < 1.29 is 18.7 Å². The summed E-state index contributed by atoms with van der Waals surface area (Å²) in [6.45, 7) is 9.16. The van der Waals surface area contributed by atoms with E-state index >= 15 is 0 Å². The predicted octanol–water partition coefficient (Wildman–Crippen LogP) is 3.25. The fourth-order valence-electron chi connectivity index (χ4n) is 2.96. The molecular weight excluding hydrogens is 294 g/mol. The van der Waals surface area contributed by atoms with E-state index in [1.807, 2.05) is 24.8 Å². The zero-order valence-corrected chi connectivity index (χ0v) is 13.5. The maximum atomic E-state index is 12.8. The van der Waals surface area contributed by atoms with Crippen molar-refractivity contribution in [2.24, 2.45) is 0 Å². The molecule has 1 aliphatic rings. The van der Waals surface area contributed by atoms with Gasteiger partial charge in [-0.1, -0.05) is 12.7 Å². The van der Waals surface area contributed by atoms with Gasteiger partial charge >= 0.3 is 0 Å². The molecule has 2 atom stereocenters. The molecule has 5 nitrogen and oxygen atoms in total. The molecule has 1 saturated heterocycles. The smallest absolute Gasteiger partial charge is 0.254 e. The molecule has 1 fully saturated rings. The summed E-state index contributed by atoms with van der Waals surface area (Å²) in [6.07, 6.45) is 3.34. The number of morpholine rings is 1. The van der Waals surface area contributed by atoms with Crippen LogP contribution in [0.2, 0.25) is 0 Å². The Bertz CT molecular complexity index is 711. The summed E-state index contributed by atoms with van der Waals surface area (Å²) in [4.78, 5) is 14.7. The van der Waals surface area contributed by atoms with Crippen LogP contribution in [-0.2, 0) is 4.74 Å². The quantitative estimate of drug-likeness (QED) is 0.813. The average molecular weight is 315 g/mol. The highest BCUT2D eigenvalue weighted by molar-refractivity contribution is 5.99. The third-order valence-electron chi connectivity index (χ3n) is 3.84. The topological polar surface area (TPSA) is 51.9 Å². The van der Waals surface area contributed by atoms with Gasteiger partial charge in [0.25, 0.3) is 5.91 Å². The van der Waals surface area contributed by atoms with Gasteiger partial charge in [0, 0.05) is 18.7 Å². The number of furan rings is 1. The maximum absolute atomic E-state index is 12.8. The molecule has 0 N–H and O–H groups in total. The molecule has 1 amide bonds. The number of rotatable bonds is 4. The lowest BCUT2D eigenvalue weighted by atomic mass is 10.1. The number of ether oxygens (including phenoxy) is 2. The first-order chi connectivity index (χ1) is 11.1. The highest BCUT2D eigenvalue weighted by Gasteiger charge is 2.27. The van der Waals surface area contributed by atoms with E-state index in [1.54, 1.807) is 24.5 Å². The van der Waals surface area contributed by atoms with E-state index < -0.39 is 0 Å². The summed E-state index contributed by atoms with van der Waals surface area (Å²) in [5, 5.41) is 0.854. The van der Waals surface area contributed by atoms with Crippen molar-refractivity contribution in [1.82, 2.24) is 4.90 Å². The van der Waals surface area contributed by atoms with Crippen molar-refractivity contribution in [3.05, 3.63) is 42.7 Å². The second-order valence-corrected chi connectivity index (χ2v) is 5.87. The predicted molar refractivity (Wildman–Crippen MR) is 87.8 cm³/mol. The van der Waals surface area contributed by atoms with E-state index in [-0.39, 0.29) is 18.1 Å². The van der Waals surface area contributed by atoms with Gasteiger partial charge in [0.15, 0.2) is 0 Å². The molecule has 1 aromatic carbocycles. The Balaban J connectivity index is 1.92. The van der Waals surface area contributed by atoms with E-state index in [2.05, 4.69) is 6.58 Å². The minimum atomic E-state index is -0.0336. The SMILES string of the molecule is C=CCOc1cc(C(=O)N2CC(C)OC(C)C2)cc2occc12. The van der Waals surface area contributed by atoms with Crippen LogP contribution < -0.4 is 4.74 Å². The van der Waals surface area contributed by atoms with Crippen LogP contribution in [0.4, 0.5) is 0 Å². The molecule has 2 heterocycles. The van der Waals surface area contributed by atoms with Gasteiger partial charge in [0.1, 0.15) is 17.9 Å². The molecule has 0 radical (unpaired) electrons. The number of fused-ring (bicyclic) bond motifs is 1. The van der Waals surface area contributed by atoms with Crippen molar-refractivity contribution >= 4 is 16.9 Å². The minimum Gasteiger partial charge on any atom is -0.489 e. The van der Waals surface area contributed by atoms with Crippen LogP contribution >= 0.6 is 0 Å². The molecule has 1 aromatic heterocycles. The summed E-state index contributed by atoms with van der Waals surface area (Å²) < 4.78 is 16.8. The number of amides is 1. The van der Waals surface area contributed by atoms with Gasteiger partial charge in [-0.05, 0) is 32.0 Å². The Labute approximate surface area is 135 Å². The highest BCUT2D eigenvalue weighted by Crippen LogP contribution is 2.29. The molecule has 3 rings (SSSR count). The lowest BCUT2D eigenvalue weighted by Crippen LogP contribution is -2.48. The Morgan fingerprint density at radius 2 is 2.13 bits per heavy atom. The van der Waals surface area contributed by atoms with Crippen molar-refractivity contribution in [3.8, 4) is 5.75 Å². The third-order valence-corrected chi connectivity index (χ3v) is 3.84. The normalized spacial score (nSPS) is 21.4. The van der Waals surface area contributed by atoms with E-state index in [0.717, 1.165) is 5.39 Å². The van der Waals surface area contributed by atoms with Gasteiger partial charge in [-0.15, -0.1) is 0 Å². The van der Waals surface area contributed by atoms with E-state index in [4.69, 9.17) is 13.9 Å². The fourth-order valence-corrected chi connectivity index (χ4v) is 2.96. The van der Waals surface area contributed by atoms with Crippen molar-refractivity contribution in [2.45, 2.75) is 26.1 Å². The molecule has 2 aromatic rings. The Morgan fingerprint density at radius 3 is 2.83 bits per heavy atom. The Morgan fingerprint density at radius 1 is 1.39 bits per heavy atom. The van der Waals surface area contributed by atoms with E-state index in [9.17, 15) is 4.79 Å². The summed E-state index contributed by atoms with van der Waals surface area (Å²) in [6, 6.07) is 5.37. The molecule has 0 bridgehead atoms. The average Bonchev–Trinajstić information content (AvgIpc) is 2.99. The standard InChI is InChI=1S/C18H21NO4/c1-4-6-21-16-8-14(9-17-15(16)5-7-22-17)18(20)19-10-12(2)23-13(3)11-19/h4-5,7-9,12-13H,1,6,10-11H2,2-3H3. The van der Waals surface area contributed by atoms with Crippen LogP contribution in [-0.4, -0.2) is 42.7 Å². The molecule has 0 spiro atoms.